The van der Waals surface area contributed by atoms with Crippen molar-refractivity contribution in [2.45, 2.75) is 33.6 Å². The Morgan fingerprint density at radius 2 is 1.77 bits per heavy atom. The first-order chi connectivity index (χ1) is 10.6. The lowest BCUT2D eigenvalue weighted by Crippen LogP contribution is -2.04. The zero-order valence-corrected chi connectivity index (χ0v) is 13.2. The Balaban J connectivity index is 2.09. The van der Waals surface area contributed by atoms with Crippen LogP contribution in [0.2, 0.25) is 0 Å². The molecule has 3 aromatic rings. The largest absolute Gasteiger partial charge is 0.505 e. The summed E-state index contributed by atoms with van der Waals surface area (Å²) in [6, 6.07) is 11.7. The fourth-order valence-electron chi connectivity index (χ4n) is 2.63. The van der Waals surface area contributed by atoms with Gasteiger partial charge in [-0.1, -0.05) is 38.5 Å². The van der Waals surface area contributed by atoms with Gasteiger partial charge in [-0.05, 0) is 48.6 Å². The molecular formula is C18H21N3O. The van der Waals surface area contributed by atoms with E-state index < -0.39 is 0 Å². The van der Waals surface area contributed by atoms with E-state index >= 15 is 0 Å². The molecule has 1 heterocycles. The van der Waals surface area contributed by atoms with Crippen molar-refractivity contribution in [3.05, 3.63) is 47.5 Å². The molecule has 0 spiro atoms. The summed E-state index contributed by atoms with van der Waals surface area (Å²) in [4.78, 5) is 1.53. The molecule has 1 unspecified atom stereocenters. The first-order valence-electron chi connectivity index (χ1n) is 7.73. The summed E-state index contributed by atoms with van der Waals surface area (Å²) in [5.74, 6) is 0.816. The number of rotatable bonds is 4. The molecule has 22 heavy (non-hydrogen) atoms. The van der Waals surface area contributed by atoms with Gasteiger partial charge in [0.15, 0.2) is 0 Å². The maximum atomic E-state index is 10.6. The van der Waals surface area contributed by atoms with Gasteiger partial charge in [-0.25, -0.2) is 0 Å². The van der Waals surface area contributed by atoms with Gasteiger partial charge >= 0.3 is 0 Å². The minimum Gasteiger partial charge on any atom is -0.505 e. The summed E-state index contributed by atoms with van der Waals surface area (Å²) in [5, 5.41) is 19.6. The molecule has 0 aliphatic carbocycles. The Bertz CT molecular complexity index is 774. The number of aromatic nitrogens is 3. The van der Waals surface area contributed by atoms with Crippen molar-refractivity contribution in [3.63, 3.8) is 0 Å². The van der Waals surface area contributed by atoms with Gasteiger partial charge in [-0.3, -0.25) is 0 Å². The molecule has 1 aromatic heterocycles. The van der Waals surface area contributed by atoms with E-state index in [2.05, 4.69) is 24.0 Å². The number of hydrogen-bond acceptors (Lipinski definition) is 3. The number of phenols is 1. The molecule has 0 aliphatic heterocycles. The van der Waals surface area contributed by atoms with E-state index in [1.54, 1.807) is 0 Å². The van der Waals surface area contributed by atoms with Gasteiger partial charge in [-0.2, -0.15) is 0 Å². The van der Waals surface area contributed by atoms with E-state index in [0.717, 1.165) is 35.0 Å². The molecule has 114 valence electrons. The highest BCUT2D eigenvalue weighted by atomic mass is 16.3. The van der Waals surface area contributed by atoms with Crippen molar-refractivity contribution < 1.29 is 5.11 Å². The van der Waals surface area contributed by atoms with Crippen LogP contribution < -0.4 is 0 Å². The Labute approximate surface area is 130 Å². The van der Waals surface area contributed by atoms with Crippen molar-refractivity contribution in [3.8, 4) is 11.4 Å². The zero-order chi connectivity index (χ0) is 15.7. The number of phenolic OH excluding ortho intramolecular Hbond substituents is 1. The number of aryl methyl sites for hydroxylation is 1. The quantitative estimate of drug-likeness (QED) is 0.790. The Hall–Kier alpha value is -2.36. The summed E-state index contributed by atoms with van der Waals surface area (Å²) in [6.07, 6.45) is 1.95. The van der Waals surface area contributed by atoms with Crippen molar-refractivity contribution in [1.82, 2.24) is 15.0 Å². The molecule has 0 amide bonds. The summed E-state index contributed by atoms with van der Waals surface area (Å²) in [7, 11) is 0. The predicted octanol–water partition coefficient (Wildman–Crippen LogP) is 4.02. The molecule has 0 aliphatic rings. The average Bonchev–Trinajstić information content (AvgIpc) is 2.94. The summed E-state index contributed by atoms with van der Waals surface area (Å²) < 4.78 is 0. The van der Waals surface area contributed by atoms with E-state index in [9.17, 15) is 5.11 Å². The Kier molecular flexibility index (Phi) is 3.84. The molecule has 0 radical (unpaired) electrons. The second kappa shape index (κ2) is 5.79. The molecule has 0 fully saturated rings. The highest BCUT2D eigenvalue weighted by Gasteiger charge is 2.15. The summed E-state index contributed by atoms with van der Waals surface area (Å²) in [5.41, 5.74) is 4.37. The van der Waals surface area contributed by atoms with Crippen LogP contribution in [0.15, 0.2) is 36.4 Å². The third kappa shape index (κ3) is 2.69. The SMILES string of the molecule is CCC(C)Cc1cc(C)cc(-n2nc3ccccc3n2)c1O. The number of fused-ring (bicyclic) bond motifs is 1. The average molecular weight is 295 g/mol. The molecular weight excluding hydrogens is 274 g/mol. The van der Waals surface area contributed by atoms with Gasteiger partial charge in [0.25, 0.3) is 0 Å². The zero-order valence-electron chi connectivity index (χ0n) is 13.2. The summed E-state index contributed by atoms with van der Waals surface area (Å²) >= 11 is 0. The van der Waals surface area contributed by atoms with Gasteiger partial charge in [0.2, 0.25) is 0 Å². The van der Waals surface area contributed by atoms with Crippen LogP contribution >= 0.6 is 0 Å². The van der Waals surface area contributed by atoms with E-state index in [4.69, 9.17) is 0 Å². The second-order valence-electron chi connectivity index (χ2n) is 5.99. The topological polar surface area (TPSA) is 50.9 Å². The first-order valence-corrected chi connectivity index (χ1v) is 7.73. The maximum absolute atomic E-state index is 10.6. The van der Waals surface area contributed by atoms with Crippen LogP contribution in [-0.4, -0.2) is 20.1 Å². The van der Waals surface area contributed by atoms with E-state index in [-0.39, 0.29) is 5.75 Å². The molecule has 2 aromatic carbocycles. The Morgan fingerprint density at radius 3 is 2.36 bits per heavy atom. The monoisotopic (exact) mass is 295 g/mol. The van der Waals surface area contributed by atoms with Crippen molar-refractivity contribution >= 4 is 11.0 Å². The third-order valence-electron chi connectivity index (χ3n) is 4.08. The smallest absolute Gasteiger partial charge is 0.146 e. The molecule has 1 atom stereocenters. The standard InChI is InChI=1S/C18H21N3O/c1-4-12(2)9-14-10-13(3)11-17(18(14)22)21-19-15-7-5-6-8-16(15)20-21/h5-8,10-12,22H,4,9H2,1-3H3. The van der Waals surface area contributed by atoms with Crippen molar-refractivity contribution in [1.29, 1.82) is 0 Å². The first kappa shape index (κ1) is 14.6. The van der Waals surface area contributed by atoms with Crippen LogP contribution in [0.25, 0.3) is 16.7 Å². The van der Waals surface area contributed by atoms with Gasteiger partial charge in [0.1, 0.15) is 22.5 Å². The van der Waals surface area contributed by atoms with Gasteiger partial charge in [0.05, 0.1) is 0 Å². The van der Waals surface area contributed by atoms with Gasteiger partial charge < -0.3 is 5.11 Å². The lowest BCUT2D eigenvalue weighted by atomic mass is 9.96. The highest BCUT2D eigenvalue weighted by molar-refractivity contribution is 5.73. The number of aromatic hydroxyl groups is 1. The molecule has 1 N–H and O–H groups in total. The van der Waals surface area contributed by atoms with Crippen LogP contribution in [0.1, 0.15) is 31.4 Å². The molecule has 0 saturated carbocycles. The third-order valence-corrected chi connectivity index (χ3v) is 4.08. The van der Waals surface area contributed by atoms with Crippen LogP contribution in [0.4, 0.5) is 0 Å². The number of benzene rings is 2. The Morgan fingerprint density at radius 1 is 1.14 bits per heavy atom. The van der Waals surface area contributed by atoms with E-state index in [0.29, 0.717) is 11.6 Å². The predicted molar refractivity (Wildman–Crippen MR) is 88.4 cm³/mol. The van der Waals surface area contributed by atoms with Crippen LogP contribution in [0.3, 0.4) is 0 Å². The van der Waals surface area contributed by atoms with Gasteiger partial charge in [-0.15, -0.1) is 15.0 Å². The molecule has 3 rings (SSSR count). The van der Waals surface area contributed by atoms with Crippen LogP contribution in [0.5, 0.6) is 5.75 Å². The van der Waals surface area contributed by atoms with Crippen LogP contribution in [-0.2, 0) is 6.42 Å². The minimum atomic E-state index is 0.284. The highest BCUT2D eigenvalue weighted by Crippen LogP contribution is 2.30. The maximum Gasteiger partial charge on any atom is 0.146 e. The lowest BCUT2D eigenvalue weighted by molar-refractivity contribution is 0.450. The summed E-state index contributed by atoms with van der Waals surface area (Å²) in [6.45, 7) is 6.40. The van der Waals surface area contributed by atoms with E-state index in [1.165, 1.54) is 4.80 Å². The molecule has 0 saturated heterocycles. The van der Waals surface area contributed by atoms with Crippen molar-refractivity contribution in [2.75, 3.05) is 0 Å². The molecule has 4 nitrogen and oxygen atoms in total. The fraction of sp³-hybridized carbons (Fsp3) is 0.333. The molecule has 4 heteroatoms. The van der Waals surface area contributed by atoms with Crippen molar-refractivity contribution in [2.24, 2.45) is 5.92 Å². The van der Waals surface area contributed by atoms with Crippen LogP contribution in [0, 0.1) is 12.8 Å². The minimum absolute atomic E-state index is 0.284. The normalized spacial score (nSPS) is 12.7. The molecule has 0 bridgehead atoms. The van der Waals surface area contributed by atoms with Gasteiger partial charge in [0, 0.05) is 0 Å². The number of hydrogen-bond donors (Lipinski definition) is 1. The lowest BCUT2D eigenvalue weighted by Gasteiger charge is -2.13. The van der Waals surface area contributed by atoms with E-state index in [1.807, 2.05) is 43.3 Å². The second-order valence-corrected chi connectivity index (χ2v) is 5.99. The number of nitrogens with zero attached hydrogens (tertiary/aromatic N) is 3. The fourth-order valence-corrected chi connectivity index (χ4v) is 2.63.